The van der Waals surface area contributed by atoms with Crippen molar-refractivity contribution in [2.45, 2.75) is 30.1 Å². The van der Waals surface area contributed by atoms with Crippen LogP contribution in [0.2, 0.25) is 0 Å². The summed E-state index contributed by atoms with van der Waals surface area (Å²) in [5.74, 6) is 0.407. The minimum atomic E-state index is -3.92. The van der Waals surface area contributed by atoms with Gasteiger partial charge < -0.3 is 14.1 Å². The molecule has 0 bridgehead atoms. The number of rotatable bonds is 10. The summed E-state index contributed by atoms with van der Waals surface area (Å²) in [6, 6.07) is 19.0. The van der Waals surface area contributed by atoms with Gasteiger partial charge in [0.1, 0.15) is 22.0 Å². The Labute approximate surface area is 199 Å². The normalized spacial score (nSPS) is 11.9. The number of hydrogen-bond acceptors (Lipinski definition) is 5. The molecule has 0 N–H and O–H groups in total. The van der Waals surface area contributed by atoms with Crippen molar-refractivity contribution >= 4 is 20.8 Å². The van der Waals surface area contributed by atoms with Gasteiger partial charge in [-0.15, -0.1) is 0 Å². The van der Waals surface area contributed by atoms with Gasteiger partial charge in [0.25, 0.3) is 0 Å². The number of fused-ring (bicyclic) bond motifs is 1. The van der Waals surface area contributed by atoms with Gasteiger partial charge in [0, 0.05) is 17.5 Å². The van der Waals surface area contributed by atoms with Crippen LogP contribution in [0.25, 0.3) is 22.3 Å². The van der Waals surface area contributed by atoms with Crippen molar-refractivity contribution in [1.29, 1.82) is 0 Å². The van der Waals surface area contributed by atoms with Gasteiger partial charge >= 0.3 is 0 Å². The molecule has 0 saturated carbocycles. The summed E-state index contributed by atoms with van der Waals surface area (Å²) in [5.41, 5.74) is 0.942. The Hall–Kier alpha value is -3.16. The topological polar surface area (TPSA) is 59.8 Å². The average molecular weight is 482 g/mol. The van der Waals surface area contributed by atoms with Gasteiger partial charge in [0.05, 0.1) is 11.5 Å². The minimum Gasteiger partial charge on any atom is -0.494 e. The molecule has 4 aromatic rings. The predicted octanol–water partition coefficient (Wildman–Crippen LogP) is 6.18. The van der Waals surface area contributed by atoms with Crippen molar-refractivity contribution in [3.8, 4) is 17.1 Å². The van der Waals surface area contributed by atoms with Crippen molar-refractivity contribution < 1.29 is 22.0 Å². The zero-order valence-corrected chi connectivity index (χ0v) is 20.1. The van der Waals surface area contributed by atoms with E-state index in [0.717, 1.165) is 26.1 Å². The Bertz CT molecular complexity index is 1340. The number of para-hydroxylation sites is 1. The highest BCUT2D eigenvalue weighted by Gasteiger charge is 2.29. The molecule has 5 nitrogen and oxygen atoms in total. The Morgan fingerprint density at radius 1 is 0.912 bits per heavy atom. The van der Waals surface area contributed by atoms with E-state index in [2.05, 4.69) is 18.7 Å². The molecule has 4 rings (SSSR count). The summed E-state index contributed by atoms with van der Waals surface area (Å²) >= 11 is 0. The second-order valence-electron chi connectivity index (χ2n) is 7.97. The van der Waals surface area contributed by atoms with E-state index >= 15 is 0 Å². The number of sulfone groups is 1. The maximum Gasteiger partial charge on any atom is 0.211 e. The third-order valence-corrected chi connectivity index (χ3v) is 7.68. The number of halogens is 1. The number of benzene rings is 3. The summed E-state index contributed by atoms with van der Waals surface area (Å²) in [5, 5.41) is 0.485. The van der Waals surface area contributed by atoms with Crippen LogP contribution in [0.4, 0.5) is 4.39 Å². The lowest BCUT2D eigenvalue weighted by molar-refractivity contribution is 0.249. The van der Waals surface area contributed by atoms with Crippen LogP contribution in [-0.4, -0.2) is 39.6 Å². The van der Waals surface area contributed by atoms with E-state index < -0.39 is 15.7 Å². The Balaban J connectivity index is 1.61. The summed E-state index contributed by atoms with van der Waals surface area (Å²) < 4.78 is 52.6. The monoisotopic (exact) mass is 481 g/mol. The van der Waals surface area contributed by atoms with Gasteiger partial charge in [-0.2, -0.15) is 0 Å². The third kappa shape index (κ3) is 5.00. The first-order chi connectivity index (χ1) is 16.4. The first kappa shape index (κ1) is 24.0. The minimum absolute atomic E-state index is 0.0719. The third-order valence-electron chi connectivity index (χ3n) is 5.84. The molecule has 0 radical (unpaired) electrons. The van der Waals surface area contributed by atoms with E-state index in [1.54, 1.807) is 48.5 Å². The molecular weight excluding hydrogens is 453 g/mol. The molecule has 0 spiro atoms. The predicted molar refractivity (Wildman–Crippen MR) is 131 cm³/mol. The van der Waals surface area contributed by atoms with Crippen LogP contribution in [0.5, 0.6) is 5.75 Å². The molecule has 7 heteroatoms. The zero-order valence-electron chi connectivity index (χ0n) is 19.3. The fraction of sp³-hybridized carbons (Fsp3) is 0.259. The Kier molecular flexibility index (Phi) is 7.34. The summed E-state index contributed by atoms with van der Waals surface area (Å²) in [6.45, 7) is 7.79. The van der Waals surface area contributed by atoms with E-state index in [-0.39, 0.29) is 15.6 Å². The van der Waals surface area contributed by atoms with Crippen LogP contribution in [0.1, 0.15) is 20.3 Å². The SMILES string of the molecule is CCN(CC)CCCOc1ccc(S(=O)(=O)c2c(-c3ccc(F)cc3)oc3ccccc23)cc1. The van der Waals surface area contributed by atoms with Crippen LogP contribution < -0.4 is 4.74 Å². The van der Waals surface area contributed by atoms with Gasteiger partial charge in [-0.3, -0.25) is 0 Å². The van der Waals surface area contributed by atoms with Crippen molar-refractivity contribution in [3.63, 3.8) is 0 Å². The molecule has 0 fully saturated rings. The van der Waals surface area contributed by atoms with Gasteiger partial charge in [-0.05, 0) is 80.2 Å². The highest BCUT2D eigenvalue weighted by molar-refractivity contribution is 7.91. The molecule has 0 atom stereocenters. The standard InChI is InChI=1S/C27H28FNO4S/c1-3-29(4-2)18-7-19-32-22-14-16-23(17-15-22)34(30,31)27-24-8-5-6-9-25(24)33-26(27)20-10-12-21(28)13-11-20/h5-6,8-17H,3-4,7,18-19H2,1-2H3. The van der Waals surface area contributed by atoms with Gasteiger partial charge in [0.15, 0.2) is 5.76 Å². The lowest BCUT2D eigenvalue weighted by atomic mass is 10.1. The second kappa shape index (κ2) is 10.4. The summed E-state index contributed by atoms with van der Waals surface area (Å²) in [6.07, 6.45) is 0.893. The molecule has 1 aromatic heterocycles. The molecule has 0 aliphatic rings. The largest absolute Gasteiger partial charge is 0.494 e. The van der Waals surface area contributed by atoms with E-state index in [4.69, 9.17) is 9.15 Å². The fourth-order valence-corrected chi connectivity index (χ4v) is 5.52. The first-order valence-corrected chi connectivity index (χ1v) is 12.9. The van der Waals surface area contributed by atoms with Crippen molar-refractivity contribution in [2.75, 3.05) is 26.2 Å². The van der Waals surface area contributed by atoms with E-state index in [9.17, 15) is 12.8 Å². The lowest BCUT2D eigenvalue weighted by Gasteiger charge is -2.17. The van der Waals surface area contributed by atoms with Gasteiger partial charge in [0.2, 0.25) is 9.84 Å². The maximum absolute atomic E-state index is 13.7. The van der Waals surface area contributed by atoms with Crippen molar-refractivity contribution in [1.82, 2.24) is 4.90 Å². The summed E-state index contributed by atoms with van der Waals surface area (Å²) in [7, 11) is -3.92. The Morgan fingerprint density at radius 2 is 1.59 bits per heavy atom. The zero-order chi connectivity index (χ0) is 24.1. The highest BCUT2D eigenvalue weighted by atomic mass is 32.2. The second-order valence-corrected chi connectivity index (χ2v) is 9.85. The molecule has 34 heavy (non-hydrogen) atoms. The van der Waals surface area contributed by atoms with E-state index in [1.165, 1.54) is 24.3 Å². The molecule has 0 saturated heterocycles. The molecule has 178 valence electrons. The van der Waals surface area contributed by atoms with E-state index in [0.29, 0.717) is 28.9 Å². The highest BCUT2D eigenvalue weighted by Crippen LogP contribution is 2.40. The van der Waals surface area contributed by atoms with Gasteiger partial charge in [-0.25, -0.2) is 12.8 Å². The van der Waals surface area contributed by atoms with Crippen LogP contribution in [0.3, 0.4) is 0 Å². The quantitative estimate of drug-likeness (QED) is 0.253. The molecular formula is C27H28FNO4S. The van der Waals surface area contributed by atoms with Crippen LogP contribution in [-0.2, 0) is 9.84 Å². The lowest BCUT2D eigenvalue weighted by Crippen LogP contribution is -2.25. The number of hydrogen-bond donors (Lipinski definition) is 0. The molecule has 0 aliphatic carbocycles. The van der Waals surface area contributed by atoms with Crippen LogP contribution in [0, 0.1) is 5.82 Å². The number of nitrogens with zero attached hydrogens (tertiary/aromatic N) is 1. The number of furan rings is 1. The fourth-order valence-electron chi connectivity index (χ4n) is 3.93. The van der Waals surface area contributed by atoms with Crippen molar-refractivity contribution in [3.05, 3.63) is 78.6 Å². The van der Waals surface area contributed by atoms with Gasteiger partial charge in [-0.1, -0.05) is 26.0 Å². The summed E-state index contributed by atoms with van der Waals surface area (Å²) in [4.78, 5) is 2.54. The molecule has 1 heterocycles. The Morgan fingerprint density at radius 3 is 2.26 bits per heavy atom. The van der Waals surface area contributed by atoms with E-state index in [1.807, 2.05) is 0 Å². The average Bonchev–Trinajstić information content (AvgIpc) is 3.25. The molecule has 0 unspecified atom stereocenters. The first-order valence-electron chi connectivity index (χ1n) is 11.4. The maximum atomic E-state index is 13.7. The molecule has 0 amide bonds. The van der Waals surface area contributed by atoms with Crippen LogP contribution >= 0.6 is 0 Å². The van der Waals surface area contributed by atoms with Crippen molar-refractivity contribution in [2.24, 2.45) is 0 Å². The number of ether oxygens (including phenoxy) is 1. The molecule has 3 aromatic carbocycles. The smallest absolute Gasteiger partial charge is 0.211 e. The molecule has 0 aliphatic heterocycles. The van der Waals surface area contributed by atoms with Crippen LogP contribution in [0.15, 0.2) is 87.0 Å².